The number of benzene rings is 5. The average Bonchev–Trinajstić information content (AvgIpc) is 3.10. The monoisotopic (exact) mass is 760 g/mol. The van der Waals surface area contributed by atoms with Gasteiger partial charge in [-0.15, -0.1) is 0 Å². The van der Waals surface area contributed by atoms with E-state index in [0.717, 1.165) is 20.8 Å². The van der Waals surface area contributed by atoms with Gasteiger partial charge in [0.1, 0.15) is 5.41 Å². The van der Waals surface area contributed by atoms with Crippen LogP contribution in [0.4, 0.5) is 13.2 Å². The molecule has 5 aromatic rings. The van der Waals surface area contributed by atoms with E-state index in [2.05, 4.69) is 27.9 Å². The molecule has 5 aromatic carbocycles. The van der Waals surface area contributed by atoms with E-state index in [9.17, 15) is 23.1 Å². The zero-order valence-corrected chi connectivity index (χ0v) is 27.9. The van der Waals surface area contributed by atoms with Crippen LogP contribution in [-0.2, 0) is 42.5 Å². The molecule has 5 nitrogen and oxygen atoms in total. The van der Waals surface area contributed by atoms with Crippen molar-refractivity contribution in [1.82, 2.24) is 10.2 Å². The number of nitrogens with one attached hydrogen (secondary N) is 1. The highest BCUT2D eigenvalue weighted by Gasteiger charge is 2.56. The van der Waals surface area contributed by atoms with Crippen LogP contribution in [-0.4, -0.2) is 21.8 Å². The van der Waals surface area contributed by atoms with Crippen molar-refractivity contribution < 1.29 is 27.9 Å². The van der Waals surface area contributed by atoms with E-state index in [1.165, 1.54) is 23.1 Å². The first kappa shape index (κ1) is 33.4. The quantitative estimate of drug-likeness (QED) is 0.150. The molecule has 0 bridgehead atoms. The van der Waals surface area contributed by atoms with Crippen LogP contribution >= 0.6 is 22.6 Å². The van der Waals surface area contributed by atoms with Gasteiger partial charge < -0.3 is 15.3 Å². The topological polar surface area (TPSA) is 69.6 Å². The summed E-state index contributed by atoms with van der Waals surface area (Å²) in [4.78, 5) is 31.1. The molecule has 244 valence electrons. The minimum Gasteiger partial charge on any atom is -0.392 e. The van der Waals surface area contributed by atoms with Gasteiger partial charge in [0.2, 0.25) is 5.91 Å². The lowest BCUT2D eigenvalue weighted by Crippen LogP contribution is -2.59. The van der Waals surface area contributed by atoms with Crippen molar-refractivity contribution in [2.75, 3.05) is 0 Å². The SMILES string of the molecule is O=C1c2ccccc2[C@](Cc2ccccc2I)(C(=O)NCc2ccccc2)[C@H](c2ccc(CO)cc2)N1Cc1ccccc1C(F)(F)F. The maximum Gasteiger partial charge on any atom is 0.416 e. The highest BCUT2D eigenvalue weighted by atomic mass is 127. The predicted molar refractivity (Wildman–Crippen MR) is 186 cm³/mol. The maximum atomic E-state index is 15.1. The van der Waals surface area contributed by atoms with E-state index in [1.807, 2.05) is 54.6 Å². The number of aliphatic hydroxyl groups is 1. The Morgan fingerprint density at radius 2 is 1.42 bits per heavy atom. The lowest BCUT2D eigenvalue weighted by molar-refractivity contribution is -0.139. The Kier molecular flexibility index (Phi) is 9.70. The van der Waals surface area contributed by atoms with Crippen LogP contribution in [0.5, 0.6) is 0 Å². The largest absolute Gasteiger partial charge is 0.416 e. The van der Waals surface area contributed by atoms with E-state index >= 15 is 4.79 Å². The summed E-state index contributed by atoms with van der Waals surface area (Å²) in [7, 11) is 0. The summed E-state index contributed by atoms with van der Waals surface area (Å²) in [6.45, 7) is -0.411. The number of hydrogen-bond acceptors (Lipinski definition) is 3. The average molecular weight is 761 g/mol. The van der Waals surface area contributed by atoms with Crippen LogP contribution < -0.4 is 5.32 Å². The molecule has 0 unspecified atom stereocenters. The molecular weight excluding hydrogens is 728 g/mol. The predicted octanol–water partition coefficient (Wildman–Crippen LogP) is 8.00. The fourth-order valence-corrected chi connectivity index (χ4v) is 7.27. The number of aliphatic hydroxyl groups excluding tert-OH is 1. The number of carbonyl (C=O) groups is 2. The molecule has 2 atom stereocenters. The molecule has 9 heteroatoms. The van der Waals surface area contributed by atoms with E-state index in [1.54, 1.807) is 48.5 Å². The van der Waals surface area contributed by atoms with Gasteiger partial charge in [0.05, 0.1) is 18.2 Å². The van der Waals surface area contributed by atoms with Gasteiger partial charge in [-0.2, -0.15) is 13.2 Å². The molecule has 0 spiro atoms. The van der Waals surface area contributed by atoms with Crippen molar-refractivity contribution in [3.8, 4) is 0 Å². The number of nitrogens with zero attached hydrogens (tertiary/aromatic N) is 1. The zero-order valence-electron chi connectivity index (χ0n) is 25.8. The maximum absolute atomic E-state index is 15.1. The third-order valence-corrected chi connectivity index (χ3v) is 10.00. The summed E-state index contributed by atoms with van der Waals surface area (Å²) in [5.41, 5.74) is 1.25. The molecule has 48 heavy (non-hydrogen) atoms. The lowest BCUT2D eigenvalue weighted by Gasteiger charge is -2.50. The number of rotatable bonds is 9. The number of fused-ring (bicyclic) bond motifs is 1. The second-order valence-electron chi connectivity index (χ2n) is 11.8. The zero-order chi connectivity index (χ0) is 33.9. The normalized spacial score (nSPS) is 17.6. The molecule has 1 aliphatic heterocycles. The molecule has 0 aliphatic carbocycles. The summed E-state index contributed by atoms with van der Waals surface area (Å²) in [5, 5.41) is 13.0. The lowest BCUT2D eigenvalue weighted by atomic mass is 9.63. The number of amides is 2. The van der Waals surface area contributed by atoms with Crippen molar-refractivity contribution in [3.63, 3.8) is 0 Å². The van der Waals surface area contributed by atoms with Gasteiger partial charge in [-0.3, -0.25) is 9.59 Å². The first-order valence-electron chi connectivity index (χ1n) is 15.4. The highest BCUT2D eigenvalue weighted by Crippen LogP contribution is 2.51. The fraction of sp³-hybridized carbons (Fsp3) is 0.179. The van der Waals surface area contributed by atoms with Crippen LogP contribution in [0, 0.1) is 3.57 Å². The Labute approximate surface area is 290 Å². The van der Waals surface area contributed by atoms with Gasteiger partial charge in [0.15, 0.2) is 0 Å². The Hall–Kier alpha value is -4.48. The molecular formula is C39H32F3IN2O3. The Bertz CT molecular complexity index is 1930. The summed E-state index contributed by atoms with van der Waals surface area (Å²) >= 11 is 2.22. The molecule has 2 amide bonds. The third-order valence-electron chi connectivity index (χ3n) is 8.95. The summed E-state index contributed by atoms with van der Waals surface area (Å²) in [6, 6.07) is 35.1. The van der Waals surface area contributed by atoms with Gasteiger partial charge >= 0.3 is 6.18 Å². The molecule has 1 heterocycles. The number of hydrogen-bond donors (Lipinski definition) is 2. The molecule has 1 aliphatic rings. The van der Waals surface area contributed by atoms with Crippen LogP contribution in [0.3, 0.4) is 0 Å². The third kappa shape index (κ3) is 6.49. The summed E-state index contributed by atoms with van der Waals surface area (Å²) in [5.74, 6) is -0.843. The molecule has 0 saturated carbocycles. The molecule has 2 N–H and O–H groups in total. The molecule has 6 rings (SSSR count). The van der Waals surface area contributed by atoms with Crippen molar-refractivity contribution in [2.24, 2.45) is 0 Å². The van der Waals surface area contributed by atoms with Crippen molar-refractivity contribution in [3.05, 3.63) is 175 Å². The number of halogens is 4. The highest BCUT2D eigenvalue weighted by molar-refractivity contribution is 14.1. The second-order valence-corrected chi connectivity index (χ2v) is 13.0. The van der Waals surface area contributed by atoms with Crippen LogP contribution in [0.2, 0.25) is 0 Å². The van der Waals surface area contributed by atoms with Gasteiger partial charge in [-0.05, 0) is 80.6 Å². The molecule has 0 fully saturated rings. The van der Waals surface area contributed by atoms with Crippen LogP contribution in [0.25, 0.3) is 0 Å². The van der Waals surface area contributed by atoms with E-state index in [0.29, 0.717) is 16.7 Å². The van der Waals surface area contributed by atoms with Gasteiger partial charge in [0, 0.05) is 22.2 Å². The van der Waals surface area contributed by atoms with Crippen molar-refractivity contribution >= 4 is 34.4 Å². The van der Waals surface area contributed by atoms with E-state index in [4.69, 9.17) is 0 Å². The summed E-state index contributed by atoms with van der Waals surface area (Å²) < 4.78 is 43.9. The standard InChI is InChI=1S/C39H32F3IN2O3/c40-39(41,42)32-15-7-4-13-30(32)24-45-35(28-20-18-27(25-46)19-21-28)38(22-29-12-5-9-17-34(29)43,33-16-8-6-14-31(33)36(45)47)37(48)44-23-26-10-2-1-3-11-26/h1-21,35,46H,22-25H2,(H,44,48)/t35-,38-/m0/s1. The number of carbonyl (C=O) groups excluding carboxylic acids is 2. The first-order chi connectivity index (χ1) is 23.1. The fourth-order valence-electron chi connectivity index (χ4n) is 6.69. The Balaban J connectivity index is 1.62. The molecule has 0 radical (unpaired) electrons. The van der Waals surface area contributed by atoms with E-state index in [-0.39, 0.29) is 36.6 Å². The smallest absolute Gasteiger partial charge is 0.392 e. The van der Waals surface area contributed by atoms with Crippen LogP contribution in [0.1, 0.15) is 55.3 Å². The Morgan fingerprint density at radius 3 is 2.10 bits per heavy atom. The minimum absolute atomic E-state index is 0.0809. The van der Waals surface area contributed by atoms with Gasteiger partial charge in [-0.25, -0.2) is 0 Å². The molecule has 0 aromatic heterocycles. The second kappa shape index (κ2) is 13.9. The minimum atomic E-state index is -4.66. The van der Waals surface area contributed by atoms with Crippen molar-refractivity contribution in [1.29, 1.82) is 0 Å². The number of alkyl halides is 3. The van der Waals surface area contributed by atoms with E-state index < -0.39 is 35.6 Å². The van der Waals surface area contributed by atoms with Crippen LogP contribution in [0.15, 0.2) is 127 Å². The Morgan fingerprint density at radius 1 is 0.792 bits per heavy atom. The van der Waals surface area contributed by atoms with Crippen molar-refractivity contribution in [2.45, 2.75) is 43.8 Å². The first-order valence-corrected chi connectivity index (χ1v) is 16.5. The van der Waals surface area contributed by atoms with Gasteiger partial charge in [0.25, 0.3) is 5.91 Å². The molecule has 0 saturated heterocycles. The summed E-state index contributed by atoms with van der Waals surface area (Å²) in [6.07, 6.45) is -4.50. The van der Waals surface area contributed by atoms with Gasteiger partial charge in [-0.1, -0.05) is 109 Å².